The Morgan fingerprint density at radius 1 is 1.25 bits per heavy atom. The third kappa shape index (κ3) is 2.51. The predicted molar refractivity (Wildman–Crippen MR) is 69.8 cm³/mol. The maximum absolute atomic E-state index is 13.6. The monoisotopic (exact) mass is 301 g/mol. The highest BCUT2D eigenvalue weighted by atomic mass is 32.2. The molecule has 0 aliphatic rings. The number of hydrogen-bond acceptors (Lipinski definition) is 3. The lowest BCUT2D eigenvalue weighted by molar-refractivity contribution is 0.550. The molecule has 8 heteroatoms. The maximum atomic E-state index is 13.6. The molecule has 0 aliphatic carbocycles. The first-order valence-corrected chi connectivity index (χ1v) is 7.19. The van der Waals surface area contributed by atoms with Gasteiger partial charge in [-0.3, -0.25) is 9.40 Å². The van der Waals surface area contributed by atoms with Crippen LogP contribution in [0.25, 0.3) is 0 Å². The molecule has 0 amide bonds. The zero-order valence-electron chi connectivity index (χ0n) is 11.1. The Labute approximate surface area is 115 Å². The smallest absolute Gasteiger partial charge is 0.263 e. The summed E-state index contributed by atoms with van der Waals surface area (Å²) < 4.78 is 54.3. The van der Waals surface area contributed by atoms with Crippen LogP contribution in [0.15, 0.2) is 23.1 Å². The normalized spacial score (nSPS) is 11.7. The molecule has 0 bridgehead atoms. The minimum absolute atomic E-state index is 0.242. The van der Waals surface area contributed by atoms with Crippen LogP contribution in [0.2, 0.25) is 0 Å². The molecule has 2 aromatic rings. The second-order valence-corrected chi connectivity index (χ2v) is 6.01. The van der Waals surface area contributed by atoms with Crippen molar-refractivity contribution in [1.29, 1.82) is 0 Å². The van der Waals surface area contributed by atoms with Crippen LogP contribution in [0, 0.1) is 25.5 Å². The second kappa shape index (κ2) is 4.86. The fraction of sp³-hybridized carbons (Fsp3) is 0.250. The van der Waals surface area contributed by atoms with Crippen LogP contribution in [-0.2, 0) is 17.1 Å². The minimum atomic E-state index is -4.14. The van der Waals surface area contributed by atoms with Crippen LogP contribution in [0.4, 0.5) is 14.6 Å². The molecule has 108 valence electrons. The Bertz CT molecular complexity index is 769. The number of nitrogens with one attached hydrogen (secondary N) is 1. The molecule has 20 heavy (non-hydrogen) atoms. The SMILES string of the molecule is Cc1nn(C)c(NS(=O)(=O)c2ccc(F)cc2F)c1C. The first-order valence-electron chi connectivity index (χ1n) is 5.70. The van der Waals surface area contributed by atoms with Gasteiger partial charge in [0, 0.05) is 18.7 Å². The molecule has 0 atom stereocenters. The van der Waals surface area contributed by atoms with Crippen molar-refractivity contribution in [3.8, 4) is 0 Å². The van der Waals surface area contributed by atoms with Gasteiger partial charge in [-0.05, 0) is 26.0 Å². The number of sulfonamides is 1. The molecule has 0 fully saturated rings. The van der Waals surface area contributed by atoms with Gasteiger partial charge in [-0.15, -0.1) is 0 Å². The van der Waals surface area contributed by atoms with Crippen LogP contribution in [0.3, 0.4) is 0 Å². The van der Waals surface area contributed by atoms with Crippen molar-refractivity contribution in [3.63, 3.8) is 0 Å². The first-order chi connectivity index (χ1) is 9.22. The Kier molecular flexibility index (Phi) is 3.51. The molecule has 0 spiro atoms. The van der Waals surface area contributed by atoms with Gasteiger partial charge >= 0.3 is 0 Å². The lowest BCUT2D eigenvalue weighted by Crippen LogP contribution is -2.17. The summed E-state index contributed by atoms with van der Waals surface area (Å²) in [6.45, 7) is 3.42. The summed E-state index contributed by atoms with van der Waals surface area (Å²) in [5.41, 5.74) is 1.29. The van der Waals surface area contributed by atoms with Gasteiger partial charge in [-0.2, -0.15) is 5.10 Å². The van der Waals surface area contributed by atoms with E-state index in [1.54, 1.807) is 20.9 Å². The fourth-order valence-electron chi connectivity index (χ4n) is 1.78. The van der Waals surface area contributed by atoms with Crippen molar-refractivity contribution in [2.45, 2.75) is 18.7 Å². The van der Waals surface area contributed by atoms with Gasteiger partial charge in [0.1, 0.15) is 22.3 Å². The van der Waals surface area contributed by atoms with Crippen LogP contribution < -0.4 is 4.72 Å². The summed E-state index contributed by atoms with van der Waals surface area (Å²) in [6, 6.07) is 2.29. The molecular formula is C12H13F2N3O2S. The molecule has 0 unspecified atom stereocenters. The van der Waals surface area contributed by atoms with Crippen molar-refractivity contribution in [3.05, 3.63) is 41.1 Å². The lowest BCUT2D eigenvalue weighted by atomic mass is 10.3. The number of nitrogens with zero attached hydrogens (tertiary/aromatic N) is 2. The summed E-state index contributed by atoms with van der Waals surface area (Å²) in [5.74, 6) is -1.74. The zero-order chi connectivity index (χ0) is 15.1. The largest absolute Gasteiger partial charge is 0.265 e. The van der Waals surface area contributed by atoms with Gasteiger partial charge in [-0.25, -0.2) is 17.2 Å². The van der Waals surface area contributed by atoms with E-state index >= 15 is 0 Å². The van der Waals surface area contributed by atoms with Crippen LogP contribution in [-0.4, -0.2) is 18.2 Å². The Morgan fingerprint density at radius 3 is 2.40 bits per heavy atom. The molecule has 0 saturated heterocycles. The van der Waals surface area contributed by atoms with Crippen molar-refractivity contribution in [2.24, 2.45) is 7.05 Å². The van der Waals surface area contributed by atoms with E-state index in [4.69, 9.17) is 0 Å². The van der Waals surface area contributed by atoms with Crippen molar-refractivity contribution in [1.82, 2.24) is 9.78 Å². The summed E-state index contributed by atoms with van der Waals surface area (Å²) >= 11 is 0. The van der Waals surface area contributed by atoms with Gasteiger partial charge < -0.3 is 0 Å². The fourth-order valence-corrected chi connectivity index (χ4v) is 2.99. The van der Waals surface area contributed by atoms with E-state index in [0.717, 1.165) is 12.1 Å². The summed E-state index contributed by atoms with van der Waals surface area (Å²) in [5, 5.41) is 4.06. The minimum Gasteiger partial charge on any atom is -0.263 e. The van der Waals surface area contributed by atoms with Crippen LogP contribution in [0.5, 0.6) is 0 Å². The molecule has 1 N–H and O–H groups in total. The summed E-state index contributed by atoms with van der Waals surface area (Å²) in [6.07, 6.45) is 0. The molecule has 0 radical (unpaired) electrons. The summed E-state index contributed by atoms with van der Waals surface area (Å²) in [4.78, 5) is -0.614. The molecule has 0 aliphatic heterocycles. The van der Waals surface area contributed by atoms with E-state index in [1.807, 2.05) is 0 Å². The van der Waals surface area contributed by atoms with Crippen LogP contribution >= 0.6 is 0 Å². The number of rotatable bonds is 3. The molecule has 5 nitrogen and oxygen atoms in total. The molecule has 0 saturated carbocycles. The van der Waals surface area contributed by atoms with E-state index < -0.39 is 26.6 Å². The number of aryl methyl sites for hydroxylation is 2. The van der Waals surface area contributed by atoms with Gasteiger partial charge in [0.2, 0.25) is 0 Å². The number of anilines is 1. The van der Waals surface area contributed by atoms with E-state index in [2.05, 4.69) is 9.82 Å². The highest BCUT2D eigenvalue weighted by Gasteiger charge is 2.22. The van der Waals surface area contributed by atoms with Gasteiger partial charge in [0.25, 0.3) is 10.0 Å². The molecule has 2 rings (SSSR count). The highest BCUT2D eigenvalue weighted by Crippen LogP contribution is 2.23. The Hall–Kier alpha value is -1.96. The first kappa shape index (κ1) is 14.4. The van der Waals surface area contributed by atoms with E-state index in [9.17, 15) is 17.2 Å². The Balaban J connectivity index is 2.46. The van der Waals surface area contributed by atoms with Gasteiger partial charge in [0.05, 0.1) is 5.69 Å². The summed E-state index contributed by atoms with van der Waals surface area (Å²) in [7, 11) is -2.58. The number of aromatic nitrogens is 2. The maximum Gasteiger partial charge on any atom is 0.265 e. The predicted octanol–water partition coefficient (Wildman–Crippen LogP) is 2.12. The quantitative estimate of drug-likeness (QED) is 0.944. The average molecular weight is 301 g/mol. The lowest BCUT2D eigenvalue weighted by Gasteiger charge is -2.10. The Morgan fingerprint density at radius 2 is 1.90 bits per heavy atom. The molecule has 1 aromatic heterocycles. The van der Waals surface area contributed by atoms with Crippen molar-refractivity contribution in [2.75, 3.05) is 4.72 Å². The number of benzene rings is 1. The standard InChI is InChI=1S/C12H13F2N3O2S/c1-7-8(2)15-17(3)12(7)16-20(18,19)11-5-4-9(13)6-10(11)14/h4-6,16H,1-3H3. The third-order valence-electron chi connectivity index (χ3n) is 2.94. The van der Waals surface area contributed by atoms with E-state index in [-0.39, 0.29) is 5.82 Å². The third-order valence-corrected chi connectivity index (χ3v) is 4.31. The molecular weight excluding hydrogens is 288 g/mol. The van der Waals surface area contributed by atoms with Gasteiger partial charge in [-0.1, -0.05) is 0 Å². The zero-order valence-corrected chi connectivity index (χ0v) is 11.9. The topological polar surface area (TPSA) is 64.0 Å². The van der Waals surface area contributed by atoms with Crippen LogP contribution in [0.1, 0.15) is 11.3 Å². The van der Waals surface area contributed by atoms with Gasteiger partial charge in [0.15, 0.2) is 0 Å². The highest BCUT2D eigenvalue weighted by molar-refractivity contribution is 7.92. The van der Waals surface area contributed by atoms with E-state index in [0.29, 0.717) is 17.3 Å². The average Bonchev–Trinajstić information content (AvgIpc) is 2.55. The number of halogens is 2. The molecule has 1 aromatic carbocycles. The second-order valence-electron chi connectivity index (χ2n) is 4.36. The van der Waals surface area contributed by atoms with Crippen molar-refractivity contribution < 1.29 is 17.2 Å². The molecule has 1 heterocycles. The van der Waals surface area contributed by atoms with E-state index in [1.165, 1.54) is 4.68 Å². The number of hydrogen-bond donors (Lipinski definition) is 1. The van der Waals surface area contributed by atoms with Crippen molar-refractivity contribution >= 4 is 15.8 Å².